The lowest BCUT2D eigenvalue weighted by Gasteiger charge is -2.06. The van der Waals surface area contributed by atoms with Gasteiger partial charge in [-0.1, -0.05) is 18.7 Å². The molecule has 1 aromatic heterocycles. The van der Waals surface area contributed by atoms with Crippen LogP contribution in [0, 0.1) is 0 Å². The molecular formula is C11H13NO. The van der Waals surface area contributed by atoms with Crippen molar-refractivity contribution in [2.75, 3.05) is 0 Å². The normalized spacial score (nSPS) is 10.6. The molecule has 0 saturated heterocycles. The fourth-order valence-electron chi connectivity index (χ4n) is 1.25. The molecular weight excluding hydrogens is 162 g/mol. The molecule has 2 nitrogen and oxygen atoms in total. The molecule has 0 amide bonds. The van der Waals surface area contributed by atoms with Crippen LogP contribution in [-0.4, -0.2) is 4.57 Å². The van der Waals surface area contributed by atoms with Crippen LogP contribution in [0.5, 0.6) is 0 Å². The van der Waals surface area contributed by atoms with Gasteiger partial charge in [0.1, 0.15) is 0 Å². The minimum absolute atomic E-state index is 0.0334. The molecule has 1 heterocycles. The fourth-order valence-corrected chi connectivity index (χ4v) is 1.25. The van der Waals surface area contributed by atoms with Gasteiger partial charge >= 0.3 is 0 Å². The first-order valence-electron chi connectivity index (χ1n) is 4.15. The number of hydrogen-bond donors (Lipinski definition) is 0. The summed E-state index contributed by atoms with van der Waals surface area (Å²) in [6.45, 7) is 5.57. The van der Waals surface area contributed by atoms with Gasteiger partial charge < -0.3 is 4.57 Å². The van der Waals surface area contributed by atoms with Crippen molar-refractivity contribution in [1.82, 2.24) is 4.57 Å². The van der Waals surface area contributed by atoms with Crippen LogP contribution in [0.1, 0.15) is 18.2 Å². The molecule has 68 valence electrons. The SMILES string of the molecule is C=Cc1c(/C=C\C)c(=O)ccn1C. The standard InChI is InChI=1S/C11H13NO/c1-4-6-9-10(5-2)12(3)8-7-11(9)13/h4-8H,2H2,1,3H3/b6-4-. The van der Waals surface area contributed by atoms with E-state index in [1.807, 2.05) is 24.6 Å². The Morgan fingerprint density at radius 3 is 2.77 bits per heavy atom. The maximum absolute atomic E-state index is 11.4. The molecule has 0 spiro atoms. The highest BCUT2D eigenvalue weighted by Crippen LogP contribution is 2.06. The van der Waals surface area contributed by atoms with E-state index in [4.69, 9.17) is 0 Å². The number of nitrogens with zero attached hydrogens (tertiary/aromatic N) is 1. The van der Waals surface area contributed by atoms with Gasteiger partial charge in [-0.2, -0.15) is 0 Å². The average molecular weight is 175 g/mol. The minimum atomic E-state index is 0.0334. The molecule has 13 heavy (non-hydrogen) atoms. The number of pyridine rings is 1. The molecule has 0 unspecified atom stereocenters. The van der Waals surface area contributed by atoms with Crippen molar-refractivity contribution in [1.29, 1.82) is 0 Å². The van der Waals surface area contributed by atoms with Crippen LogP contribution in [0.4, 0.5) is 0 Å². The molecule has 0 saturated carbocycles. The molecule has 1 rings (SSSR count). The summed E-state index contributed by atoms with van der Waals surface area (Å²) in [5, 5.41) is 0. The quantitative estimate of drug-likeness (QED) is 0.674. The lowest BCUT2D eigenvalue weighted by Crippen LogP contribution is -2.11. The Hall–Kier alpha value is -1.57. The smallest absolute Gasteiger partial charge is 0.189 e. The molecule has 1 aromatic rings. The third-order valence-electron chi connectivity index (χ3n) is 1.90. The second-order valence-electron chi connectivity index (χ2n) is 2.79. The fraction of sp³-hybridized carbons (Fsp3) is 0.182. The van der Waals surface area contributed by atoms with Crippen LogP contribution >= 0.6 is 0 Å². The Kier molecular flexibility index (Phi) is 2.85. The van der Waals surface area contributed by atoms with E-state index in [0.717, 1.165) is 5.69 Å². The summed E-state index contributed by atoms with van der Waals surface area (Å²) in [5.74, 6) is 0. The van der Waals surface area contributed by atoms with Crippen LogP contribution in [0.15, 0.2) is 29.7 Å². The number of aromatic nitrogens is 1. The molecule has 0 radical (unpaired) electrons. The van der Waals surface area contributed by atoms with Crippen LogP contribution < -0.4 is 5.43 Å². The minimum Gasteiger partial charge on any atom is -0.350 e. The summed E-state index contributed by atoms with van der Waals surface area (Å²) < 4.78 is 1.88. The number of hydrogen-bond acceptors (Lipinski definition) is 1. The van der Waals surface area contributed by atoms with Gasteiger partial charge in [0.2, 0.25) is 0 Å². The number of allylic oxidation sites excluding steroid dienone is 1. The van der Waals surface area contributed by atoms with Gasteiger partial charge in [-0.05, 0) is 13.0 Å². The van der Waals surface area contributed by atoms with Crippen molar-refractivity contribution < 1.29 is 0 Å². The topological polar surface area (TPSA) is 22.0 Å². The Bertz CT molecular complexity index is 399. The van der Waals surface area contributed by atoms with Gasteiger partial charge in [0.15, 0.2) is 5.43 Å². The first-order chi connectivity index (χ1) is 6.20. The maximum Gasteiger partial charge on any atom is 0.189 e. The zero-order chi connectivity index (χ0) is 9.84. The zero-order valence-corrected chi connectivity index (χ0v) is 7.95. The highest BCUT2D eigenvalue weighted by molar-refractivity contribution is 5.61. The van der Waals surface area contributed by atoms with Crippen molar-refractivity contribution in [3.05, 3.63) is 46.4 Å². The van der Waals surface area contributed by atoms with Gasteiger partial charge in [-0.3, -0.25) is 4.79 Å². The largest absolute Gasteiger partial charge is 0.350 e. The predicted octanol–water partition coefficient (Wildman–Crippen LogP) is 2.06. The first kappa shape index (κ1) is 9.52. The summed E-state index contributed by atoms with van der Waals surface area (Å²) in [5.41, 5.74) is 1.58. The first-order valence-corrected chi connectivity index (χ1v) is 4.15. The third kappa shape index (κ3) is 1.78. The average Bonchev–Trinajstić information content (AvgIpc) is 2.12. The van der Waals surface area contributed by atoms with E-state index in [0.29, 0.717) is 5.56 Å². The lowest BCUT2D eigenvalue weighted by molar-refractivity contribution is 0.883. The van der Waals surface area contributed by atoms with Crippen LogP contribution in [0.25, 0.3) is 12.2 Å². The lowest BCUT2D eigenvalue weighted by atomic mass is 10.1. The molecule has 0 aliphatic carbocycles. The predicted molar refractivity (Wildman–Crippen MR) is 56.5 cm³/mol. The zero-order valence-electron chi connectivity index (χ0n) is 7.95. The molecule has 0 aromatic carbocycles. The molecule has 0 N–H and O–H groups in total. The summed E-state index contributed by atoms with van der Waals surface area (Å²) >= 11 is 0. The van der Waals surface area contributed by atoms with E-state index in [1.165, 1.54) is 0 Å². The third-order valence-corrected chi connectivity index (χ3v) is 1.90. The van der Waals surface area contributed by atoms with Crippen molar-refractivity contribution in [2.45, 2.75) is 6.92 Å². The summed E-state index contributed by atoms with van der Waals surface area (Å²) in [6, 6.07) is 1.56. The monoisotopic (exact) mass is 175 g/mol. The van der Waals surface area contributed by atoms with E-state index in [2.05, 4.69) is 6.58 Å². The van der Waals surface area contributed by atoms with Crippen molar-refractivity contribution in [3.63, 3.8) is 0 Å². The van der Waals surface area contributed by atoms with E-state index in [9.17, 15) is 4.79 Å². The molecule has 0 aliphatic rings. The maximum atomic E-state index is 11.4. The summed E-state index contributed by atoms with van der Waals surface area (Å²) in [7, 11) is 1.89. The van der Waals surface area contributed by atoms with E-state index in [1.54, 1.807) is 24.4 Å². The van der Waals surface area contributed by atoms with Crippen LogP contribution in [0.3, 0.4) is 0 Å². The molecule has 2 heteroatoms. The van der Waals surface area contributed by atoms with Gasteiger partial charge in [-0.25, -0.2) is 0 Å². The Balaban J connectivity index is 3.52. The molecule has 0 aliphatic heterocycles. The highest BCUT2D eigenvalue weighted by Gasteiger charge is 2.01. The number of aryl methyl sites for hydroxylation is 1. The van der Waals surface area contributed by atoms with Gasteiger partial charge in [-0.15, -0.1) is 0 Å². The Morgan fingerprint density at radius 2 is 2.23 bits per heavy atom. The van der Waals surface area contributed by atoms with Crippen LogP contribution in [0.2, 0.25) is 0 Å². The van der Waals surface area contributed by atoms with Gasteiger partial charge in [0.25, 0.3) is 0 Å². The summed E-state index contributed by atoms with van der Waals surface area (Å²) in [6.07, 6.45) is 7.09. The van der Waals surface area contributed by atoms with E-state index < -0.39 is 0 Å². The second kappa shape index (κ2) is 3.90. The number of rotatable bonds is 2. The van der Waals surface area contributed by atoms with Crippen LogP contribution in [-0.2, 0) is 7.05 Å². The molecule has 0 atom stereocenters. The van der Waals surface area contributed by atoms with Crippen molar-refractivity contribution in [3.8, 4) is 0 Å². The van der Waals surface area contributed by atoms with Crippen molar-refractivity contribution >= 4 is 12.2 Å². The Labute approximate surface area is 77.8 Å². The Morgan fingerprint density at radius 1 is 1.54 bits per heavy atom. The van der Waals surface area contributed by atoms with E-state index >= 15 is 0 Å². The second-order valence-corrected chi connectivity index (χ2v) is 2.79. The van der Waals surface area contributed by atoms with Gasteiger partial charge in [0.05, 0.1) is 5.69 Å². The molecule has 0 bridgehead atoms. The van der Waals surface area contributed by atoms with Crippen molar-refractivity contribution in [2.24, 2.45) is 7.05 Å². The summed E-state index contributed by atoms with van der Waals surface area (Å²) in [4.78, 5) is 11.4. The molecule has 0 fully saturated rings. The van der Waals surface area contributed by atoms with E-state index in [-0.39, 0.29) is 5.43 Å². The van der Waals surface area contributed by atoms with Gasteiger partial charge in [0, 0.05) is 24.9 Å². The highest BCUT2D eigenvalue weighted by atomic mass is 16.1.